The minimum absolute atomic E-state index is 0. The first-order chi connectivity index (χ1) is 7.86. The van der Waals surface area contributed by atoms with Gasteiger partial charge >= 0.3 is 0 Å². The van der Waals surface area contributed by atoms with E-state index in [1.807, 2.05) is 0 Å². The van der Waals surface area contributed by atoms with Gasteiger partial charge in [-0.15, -0.1) is 12.4 Å². The van der Waals surface area contributed by atoms with Crippen molar-refractivity contribution in [1.29, 1.82) is 0 Å². The lowest BCUT2D eigenvalue weighted by atomic mass is 9.98. The Morgan fingerprint density at radius 1 is 1.33 bits per heavy atom. The molecule has 0 aliphatic heterocycles. The molecule has 4 nitrogen and oxygen atoms in total. The molecule has 4 N–H and O–H groups in total. The van der Waals surface area contributed by atoms with E-state index < -0.39 is 6.10 Å². The Balaban J connectivity index is 0. The van der Waals surface area contributed by atoms with Crippen LogP contribution in [0.3, 0.4) is 0 Å². The van der Waals surface area contributed by atoms with Crippen molar-refractivity contribution < 1.29 is 9.90 Å². The number of amides is 1. The largest absolute Gasteiger partial charge is 0.391 e. The van der Waals surface area contributed by atoms with E-state index >= 15 is 0 Å². The standard InChI is InChI=1S/C13H28N2O2.ClH/c1-5-10(4)8-15-13(17)7-12(16)11(14)6-9(2)3;/h9-12,16H,5-8,14H2,1-4H3,(H,15,17);1H. The summed E-state index contributed by atoms with van der Waals surface area (Å²) in [6.07, 6.45) is 1.13. The zero-order chi connectivity index (χ0) is 13.4. The summed E-state index contributed by atoms with van der Waals surface area (Å²) in [5, 5.41) is 12.6. The van der Waals surface area contributed by atoms with Crippen LogP contribution in [0.2, 0.25) is 0 Å². The first kappa shape index (κ1) is 20.0. The predicted octanol–water partition coefficient (Wildman–Crippen LogP) is 1.69. The number of carbonyl (C=O) groups is 1. The van der Waals surface area contributed by atoms with Crippen molar-refractivity contribution in [2.24, 2.45) is 17.6 Å². The third-order valence-electron chi connectivity index (χ3n) is 2.98. The van der Waals surface area contributed by atoms with Gasteiger partial charge in [0.05, 0.1) is 12.5 Å². The van der Waals surface area contributed by atoms with E-state index in [1.54, 1.807) is 0 Å². The fraction of sp³-hybridized carbons (Fsp3) is 0.923. The van der Waals surface area contributed by atoms with Gasteiger partial charge in [-0.3, -0.25) is 4.79 Å². The van der Waals surface area contributed by atoms with E-state index in [0.29, 0.717) is 18.4 Å². The first-order valence-corrected chi connectivity index (χ1v) is 6.57. The molecule has 0 rings (SSSR count). The van der Waals surface area contributed by atoms with Crippen LogP contribution in [-0.2, 0) is 4.79 Å². The van der Waals surface area contributed by atoms with Crippen LogP contribution in [0.5, 0.6) is 0 Å². The fourth-order valence-electron chi connectivity index (χ4n) is 1.55. The average molecular weight is 281 g/mol. The number of halogens is 1. The van der Waals surface area contributed by atoms with Crippen molar-refractivity contribution in [2.45, 2.75) is 59.1 Å². The number of aliphatic hydroxyl groups excluding tert-OH is 1. The number of hydrogen-bond donors (Lipinski definition) is 3. The lowest BCUT2D eigenvalue weighted by Gasteiger charge is -2.20. The Morgan fingerprint density at radius 3 is 2.33 bits per heavy atom. The van der Waals surface area contributed by atoms with Crippen molar-refractivity contribution in [1.82, 2.24) is 5.32 Å². The van der Waals surface area contributed by atoms with Crippen molar-refractivity contribution >= 4 is 18.3 Å². The van der Waals surface area contributed by atoms with Crippen molar-refractivity contribution in [3.8, 4) is 0 Å². The van der Waals surface area contributed by atoms with Crippen LogP contribution in [0, 0.1) is 11.8 Å². The van der Waals surface area contributed by atoms with E-state index in [4.69, 9.17) is 5.73 Å². The Hall–Kier alpha value is -0.320. The molecule has 0 saturated carbocycles. The molecule has 3 unspecified atom stereocenters. The number of nitrogens with one attached hydrogen (secondary N) is 1. The Kier molecular flexibility index (Phi) is 11.8. The molecule has 1 amide bonds. The summed E-state index contributed by atoms with van der Waals surface area (Å²) in [4.78, 5) is 11.5. The van der Waals surface area contributed by atoms with Gasteiger partial charge in [0.25, 0.3) is 0 Å². The van der Waals surface area contributed by atoms with Crippen LogP contribution in [0.1, 0.15) is 47.0 Å². The zero-order valence-corrected chi connectivity index (χ0v) is 12.8. The Bertz CT molecular complexity index is 225. The molecule has 18 heavy (non-hydrogen) atoms. The fourth-order valence-corrected chi connectivity index (χ4v) is 1.55. The molecule has 0 spiro atoms. The maximum atomic E-state index is 11.5. The lowest BCUT2D eigenvalue weighted by molar-refractivity contribution is -0.123. The Morgan fingerprint density at radius 2 is 1.89 bits per heavy atom. The maximum Gasteiger partial charge on any atom is 0.222 e. The van der Waals surface area contributed by atoms with Gasteiger partial charge in [-0.25, -0.2) is 0 Å². The van der Waals surface area contributed by atoms with Crippen molar-refractivity contribution in [3.63, 3.8) is 0 Å². The smallest absolute Gasteiger partial charge is 0.222 e. The van der Waals surface area contributed by atoms with Crippen LogP contribution in [-0.4, -0.2) is 29.7 Å². The molecular weight excluding hydrogens is 252 g/mol. The molecular formula is C13H29ClN2O2. The van der Waals surface area contributed by atoms with Crippen LogP contribution in [0.25, 0.3) is 0 Å². The summed E-state index contributed by atoms with van der Waals surface area (Å²) < 4.78 is 0. The topological polar surface area (TPSA) is 75.3 Å². The van der Waals surface area contributed by atoms with E-state index in [-0.39, 0.29) is 30.8 Å². The highest BCUT2D eigenvalue weighted by Gasteiger charge is 2.19. The molecule has 0 bridgehead atoms. The van der Waals surface area contributed by atoms with E-state index in [1.165, 1.54) is 0 Å². The third kappa shape index (κ3) is 9.68. The lowest BCUT2D eigenvalue weighted by Crippen LogP contribution is -2.40. The van der Waals surface area contributed by atoms with Crippen LogP contribution >= 0.6 is 12.4 Å². The van der Waals surface area contributed by atoms with E-state index in [9.17, 15) is 9.90 Å². The number of hydrogen-bond acceptors (Lipinski definition) is 3. The second kappa shape index (κ2) is 10.6. The van der Waals surface area contributed by atoms with Gasteiger partial charge in [0, 0.05) is 12.6 Å². The molecule has 110 valence electrons. The highest BCUT2D eigenvalue weighted by molar-refractivity contribution is 5.85. The average Bonchev–Trinajstić information content (AvgIpc) is 2.24. The molecule has 0 fully saturated rings. The summed E-state index contributed by atoms with van der Waals surface area (Å²) in [5.41, 5.74) is 5.82. The molecule has 0 aliphatic rings. The minimum atomic E-state index is -0.741. The van der Waals surface area contributed by atoms with E-state index in [0.717, 1.165) is 12.8 Å². The van der Waals surface area contributed by atoms with Crippen LogP contribution in [0.15, 0.2) is 0 Å². The molecule has 0 aromatic heterocycles. The molecule has 3 atom stereocenters. The minimum Gasteiger partial charge on any atom is -0.391 e. The first-order valence-electron chi connectivity index (χ1n) is 6.57. The summed E-state index contributed by atoms with van der Waals surface area (Å²) in [6, 6.07) is -0.315. The number of nitrogens with two attached hydrogens (primary N) is 1. The summed E-state index contributed by atoms with van der Waals surface area (Å²) in [6.45, 7) is 8.94. The SMILES string of the molecule is CCC(C)CNC(=O)CC(O)C(N)CC(C)C.Cl. The van der Waals surface area contributed by atoms with Gasteiger partial charge in [-0.2, -0.15) is 0 Å². The monoisotopic (exact) mass is 280 g/mol. The summed E-state index contributed by atoms with van der Waals surface area (Å²) in [5.74, 6) is 0.792. The quantitative estimate of drug-likeness (QED) is 0.633. The number of carbonyl (C=O) groups excluding carboxylic acids is 1. The maximum absolute atomic E-state index is 11.5. The molecule has 0 heterocycles. The van der Waals surface area contributed by atoms with Crippen molar-refractivity contribution in [3.05, 3.63) is 0 Å². The van der Waals surface area contributed by atoms with Gasteiger partial charge in [0.2, 0.25) is 5.91 Å². The molecule has 0 aromatic carbocycles. The van der Waals surface area contributed by atoms with Gasteiger partial charge in [-0.1, -0.05) is 34.1 Å². The third-order valence-corrected chi connectivity index (χ3v) is 2.98. The molecule has 5 heteroatoms. The molecule has 0 saturated heterocycles. The van der Waals surface area contributed by atoms with Crippen LogP contribution < -0.4 is 11.1 Å². The second-order valence-corrected chi connectivity index (χ2v) is 5.38. The predicted molar refractivity (Wildman–Crippen MR) is 77.8 cm³/mol. The number of rotatable bonds is 8. The van der Waals surface area contributed by atoms with E-state index in [2.05, 4.69) is 33.0 Å². The molecule has 0 radical (unpaired) electrons. The zero-order valence-electron chi connectivity index (χ0n) is 12.0. The second-order valence-electron chi connectivity index (χ2n) is 5.38. The van der Waals surface area contributed by atoms with Crippen molar-refractivity contribution in [2.75, 3.05) is 6.54 Å². The van der Waals surface area contributed by atoms with Gasteiger partial charge in [0.15, 0.2) is 0 Å². The normalized spacial score (nSPS) is 15.7. The highest BCUT2D eigenvalue weighted by atomic mass is 35.5. The molecule has 0 aliphatic carbocycles. The van der Waals surface area contributed by atoms with Gasteiger partial charge in [0.1, 0.15) is 0 Å². The Labute approximate surface area is 117 Å². The highest BCUT2D eigenvalue weighted by Crippen LogP contribution is 2.08. The number of aliphatic hydroxyl groups is 1. The molecule has 0 aromatic rings. The van der Waals surface area contributed by atoms with Crippen LogP contribution in [0.4, 0.5) is 0 Å². The van der Waals surface area contributed by atoms with Gasteiger partial charge in [-0.05, 0) is 18.3 Å². The van der Waals surface area contributed by atoms with Gasteiger partial charge < -0.3 is 16.2 Å². The summed E-state index contributed by atoms with van der Waals surface area (Å²) >= 11 is 0. The summed E-state index contributed by atoms with van der Waals surface area (Å²) in [7, 11) is 0.